The molecule has 0 N–H and O–H groups in total. The lowest BCUT2D eigenvalue weighted by molar-refractivity contribution is -0.151. The van der Waals surface area contributed by atoms with Gasteiger partial charge in [0.05, 0.1) is 13.0 Å². The number of rotatable bonds is 4. The predicted octanol–water partition coefficient (Wildman–Crippen LogP) is 4.83. The molecule has 2 aromatic rings. The summed E-state index contributed by atoms with van der Waals surface area (Å²) in [5.41, 5.74) is 1.00. The van der Waals surface area contributed by atoms with Crippen LogP contribution in [0.5, 0.6) is 5.75 Å². The number of hydrogen-bond donors (Lipinski definition) is 0. The van der Waals surface area contributed by atoms with E-state index in [1.165, 1.54) is 19.3 Å². The van der Waals surface area contributed by atoms with E-state index in [2.05, 4.69) is 6.07 Å². The fraction of sp³-hybridized carbons (Fsp3) is 0.450. The molecule has 0 aliphatic heterocycles. The molecule has 0 amide bonds. The zero-order chi connectivity index (χ0) is 16.2. The SMILES string of the molecule is COc1ccc2cc([C@H](C)C(=O)OC3CCCCC3)ccc2c1. The number of hydrogen-bond acceptors (Lipinski definition) is 3. The maximum absolute atomic E-state index is 12.4. The van der Waals surface area contributed by atoms with Crippen LogP contribution in [-0.2, 0) is 9.53 Å². The van der Waals surface area contributed by atoms with E-state index in [1.807, 2.05) is 37.3 Å². The molecule has 122 valence electrons. The van der Waals surface area contributed by atoms with Crippen molar-refractivity contribution in [2.45, 2.75) is 51.0 Å². The third kappa shape index (κ3) is 3.66. The molecule has 0 radical (unpaired) electrons. The van der Waals surface area contributed by atoms with Crippen molar-refractivity contribution in [3.63, 3.8) is 0 Å². The summed E-state index contributed by atoms with van der Waals surface area (Å²) in [5.74, 6) is 0.503. The average molecular weight is 312 g/mol. The van der Waals surface area contributed by atoms with Crippen molar-refractivity contribution in [1.82, 2.24) is 0 Å². The van der Waals surface area contributed by atoms with Gasteiger partial charge in [-0.15, -0.1) is 0 Å². The molecule has 1 saturated carbocycles. The minimum absolute atomic E-state index is 0.107. The van der Waals surface area contributed by atoms with Crippen LogP contribution in [0, 0.1) is 0 Å². The average Bonchev–Trinajstić information content (AvgIpc) is 2.61. The number of benzene rings is 2. The van der Waals surface area contributed by atoms with Crippen LogP contribution in [0.4, 0.5) is 0 Å². The summed E-state index contributed by atoms with van der Waals surface area (Å²) in [6.45, 7) is 1.93. The highest BCUT2D eigenvalue weighted by Crippen LogP contribution is 2.27. The number of ether oxygens (including phenoxy) is 2. The fourth-order valence-electron chi connectivity index (χ4n) is 3.22. The normalized spacial score (nSPS) is 17.0. The number of carbonyl (C=O) groups excluding carboxylic acids is 1. The van der Waals surface area contributed by atoms with E-state index in [-0.39, 0.29) is 18.0 Å². The molecule has 3 nitrogen and oxygen atoms in total. The summed E-state index contributed by atoms with van der Waals surface area (Å²) >= 11 is 0. The Morgan fingerprint density at radius 1 is 1.04 bits per heavy atom. The maximum atomic E-state index is 12.4. The standard InChI is InChI=1S/C20H24O3/c1-14(20(21)23-18-6-4-3-5-7-18)15-8-9-17-13-19(22-2)11-10-16(17)12-15/h8-14,18H,3-7H2,1-2H3/t14-/m0/s1. The van der Waals surface area contributed by atoms with Gasteiger partial charge < -0.3 is 9.47 Å². The second-order valence-corrected chi connectivity index (χ2v) is 6.39. The Balaban J connectivity index is 1.74. The third-order valence-electron chi connectivity index (χ3n) is 4.76. The van der Waals surface area contributed by atoms with Crippen molar-refractivity contribution < 1.29 is 14.3 Å². The Bertz CT molecular complexity index is 686. The molecule has 0 unspecified atom stereocenters. The first-order valence-electron chi connectivity index (χ1n) is 8.45. The quantitative estimate of drug-likeness (QED) is 0.759. The van der Waals surface area contributed by atoms with Crippen molar-refractivity contribution in [2.75, 3.05) is 7.11 Å². The predicted molar refractivity (Wildman–Crippen MR) is 91.9 cm³/mol. The monoisotopic (exact) mass is 312 g/mol. The maximum Gasteiger partial charge on any atom is 0.313 e. The third-order valence-corrected chi connectivity index (χ3v) is 4.76. The van der Waals surface area contributed by atoms with E-state index in [0.717, 1.165) is 34.9 Å². The molecule has 1 aliphatic carbocycles. The number of methoxy groups -OCH3 is 1. The molecule has 1 aliphatic rings. The minimum atomic E-state index is -0.233. The van der Waals surface area contributed by atoms with Gasteiger partial charge in [-0.1, -0.05) is 30.7 Å². The highest BCUT2D eigenvalue weighted by Gasteiger charge is 2.22. The second-order valence-electron chi connectivity index (χ2n) is 6.39. The molecule has 0 heterocycles. The van der Waals surface area contributed by atoms with E-state index in [9.17, 15) is 4.79 Å². The van der Waals surface area contributed by atoms with E-state index in [4.69, 9.17) is 9.47 Å². The molecule has 0 aromatic heterocycles. The summed E-state index contributed by atoms with van der Waals surface area (Å²) in [7, 11) is 1.67. The van der Waals surface area contributed by atoms with Crippen molar-refractivity contribution in [2.24, 2.45) is 0 Å². The van der Waals surface area contributed by atoms with Crippen molar-refractivity contribution in [1.29, 1.82) is 0 Å². The first kappa shape index (κ1) is 15.9. The zero-order valence-electron chi connectivity index (χ0n) is 13.9. The van der Waals surface area contributed by atoms with Gasteiger partial charge in [0, 0.05) is 0 Å². The fourth-order valence-corrected chi connectivity index (χ4v) is 3.22. The van der Waals surface area contributed by atoms with E-state index in [0.29, 0.717) is 0 Å². The second kappa shape index (κ2) is 7.03. The van der Waals surface area contributed by atoms with E-state index in [1.54, 1.807) is 7.11 Å². The summed E-state index contributed by atoms with van der Waals surface area (Å²) in [4.78, 5) is 12.4. The molecule has 0 bridgehead atoms. The van der Waals surface area contributed by atoms with Gasteiger partial charge in [0.25, 0.3) is 0 Å². The van der Waals surface area contributed by atoms with Crippen LogP contribution >= 0.6 is 0 Å². The molecule has 0 spiro atoms. The lowest BCUT2D eigenvalue weighted by atomic mass is 9.96. The highest BCUT2D eigenvalue weighted by molar-refractivity contribution is 5.86. The van der Waals surface area contributed by atoms with Gasteiger partial charge in [0.2, 0.25) is 0 Å². The molecular formula is C20H24O3. The van der Waals surface area contributed by atoms with E-state index < -0.39 is 0 Å². The highest BCUT2D eigenvalue weighted by atomic mass is 16.5. The molecular weight excluding hydrogens is 288 g/mol. The Morgan fingerprint density at radius 3 is 2.48 bits per heavy atom. The Kier molecular flexibility index (Phi) is 4.85. The van der Waals surface area contributed by atoms with Crippen LogP contribution in [0.1, 0.15) is 50.5 Å². The summed E-state index contributed by atoms with van der Waals surface area (Å²) in [5, 5.41) is 2.22. The summed E-state index contributed by atoms with van der Waals surface area (Å²) < 4.78 is 10.9. The van der Waals surface area contributed by atoms with Crippen LogP contribution < -0.4 is 4.74 Å². The zero-order valence-corrected chi connectivity index (χ0v) is 13.9. The van der Waals surface area contributed by atoms with Gasteiger partial charge in [-0.05, 0) is 61.1 Å². The lowest BCUT2D eigenvalue weighted by Crippen LogP contribution is -2.23. The Morgan fingerprint density at radius 2 is 1.74 bits per heavy atom. The van der Waals surface area contributed by atoms with E-state index >= 15 is 0 Å². The number of carbonyl (C=O) groups is 1. The van der Waals surface area contributed by atoms with Crippen LogP contribution in [0.25, 0.3) is 10.8 Å². The van der Waals surface area contributed by atoms with Crippen molar-refractivity contribution in [3.8, 4) is 5.75 Å². The smallest absolute Gasteiger partial charge is 0.313 e. The molecule has 0 saturated heterocycles. The summed E-state index contributed by atoms with van der Waals surface area (Å²) in [6, 6.07) is 12.1. The van der Waals surface area contributed by atoms with Gasteiger partial charge in [0.1, 0.15) is 11.9 Å². The molecule has 1 atom stereocenters. The van der Waals surface area contributed by atoms with Gasteiger partial charge in [-0.2, -0.15) is 0 Å². The largest absolute Gasteiger partial charge is 0.497 e. The molecule has 1 fully saturated rings. The van der Waals surface area contributed by atoms with Gasteiger partial charge >= 0.3 is 5.97 Å². The van der Waals surface area contributed by atoms with Crippen LogP contribution in [-0.4, -0.2) is 19.2 Å². The lowest BCUT2D eigenvalue weighted by Gasteiger charge is -2.23. The van der Waals surface area contributed by atoms with Crippen LogP contribution in [0.15, 0.2) is 36.4 Å². The number of fused-ring (bicyclic) bond motifs is 1. The molecule has 3 heteroatoms. The van der Waals surface area contributed by atoms with Gasteiger partial charge in [0.15, 0.2) is 0 Å². The van der Waals surface area contributed by atoms with Gasteiger partial charge in [-0.25, -0.2) is 0 Å². The molecule has 3 rings (SSSR count). The number of esters is 1. The van der Waals surface area contributed by atoms with Crippen molar-refractivity contribution in [3.05, 3.63) is 42.0 Å². The Labute approximate surface area is 137 Å². The summed E-state index contributed by atoms with van der Waals surface area (Å²) in [6.07, 6.45) is 5.74. The van der Waals surface area contributed by atoms with Crippen LogP contribution in [0.2, 0.25) is 0 Å². The first-order chi connectivity index (χ1) is 11.2. The minimum Gasteiger partial charge on any atom is -0.497 e. The molecule has 23 heavy (non-hydrogen) atoms. The van der Waals surface area contributed by atoms with Crippen molar-refractivity contribution >= 4 is 16.7 Å². The molecule has 2 aromatic carbocycles. The van der Waals surface area contributed by atoms with Crippen LogP contribution in [0.3, 0.4) is 0 Å². The first-order valence-corrected chi connectivity index (χ1v) is 8.45. The topological polar surface area (TPSA) is 35.5 Å². The Hall–Kier alpha value is -2.03. The van der Waals surface area contributed by atoms with Gasteiger partial charge in [-0.3, -0.25) is 4.79 Å².